The van der Waals surface area contributed by atoms with E-state index < -0.39 is 0 Å². The van der Waals surface area contributed by atoms with Crippen molar-refractivity contribution < 1.29 is 4.79 Å². The van der Waals surface area contributed by atoms with E-state index in [9.17, 15) is 4.79 Å². The molecular weight excluding hydrogens is 200 g/mol. The SMILES string of the molecule is CCCC1(C(=O)NC2CCCC2CN)CC1. The topological polar surface area (TPSA) is 55.1 Å². The van der Waals surface area contributed by atoms with Crippen LogP contribution in [0.3, 0.4) is 0 Å². The molecule has 2 fully saturated rings. The summed E-state index contributed by atoms with van der Waals surface area (Å²) in [7, 11) is 0. The summed E-state index contributed by atoms with van der Waals surface area (Å²) in [4.78, 5) is 12.2. The highest BCUT2D eigenvalue weighted by atomic mass is 16.2. The second-order valence-electron chi connectivity index (χ2n) is 5.54. The quantitative estimate of drug-likeness (QED) is 0.748. The third-order valence-corrected chi connectivity index (χ3v) is 4.34. The van der Waals surface area contributed by atoms with Crippen LogP contribution >= 0.6 is 0 Å². The van der Waals surface area contributed by atoms with Crippen LogP contribution in [-0.2, 0) is 4.79 Å². The summed E-state index contributed by atoms with van der Waals surface area (Å²) >= 11 is 0. The fourth-order valence-corrected chi connectivity index (χ4v) is 3.05. The van der Waals surface area contributed by atoms with Crippen molar-refractivity contribution in [3.63, 3.8) is 0 Å². The Morgan fingerprint density at radius 3 is 2.75 bits per heavy atom. The molecule has 0 saturated heterocycles. The van der Waals surface area contributed by atoms with Crippen LogP contribution in [0.5, 0.6) is 0 Å². The summed E-state index contributed by atoms with van der Waals surface area (Å²) in [6.07, 6.45) is 7.86. The van der Waals surface area contributed by atoms with Gasteiger partial charge in [-0.3, -0.25) is 4.79 Å². The monoisotopic (exact) mass is 224 g/mol. The zero-order valence-electron chi connectivity index (χ0n) is 10.3. The summed E-state index contributed by atoms with van der Waals surface area (Å²) in [5.74, 6) is 0.820. The molecule has 3 heteroatoms. The first-order chi connectivity index (χ1) is 7.72. The standard InChI is InChI=1S/C13H24N2O/c1-2-6-13(7-8-13)12(16)15-11-5-3-4-10(11)9-14/h10-11H,2-9,14H2,1H3,(H,15,16). The number of carbonyl (C=O) groups is 1. The van der Waals surface area contributed by atoms with Crippen molar-refractivity contribution in [2.45, 2.75) is 57.9 Å². The molecule has 3 nitrogen and oxygen atoms in total. The van der Waals surface area contributed by atoms with Gasteiger partial charge in [0.15, 0.2) is 0 Å². The summed E-state index contributed by atoms with van der Waals surface area (Å²) < 4.78 is 0. The second kappa shape index (κ2) is 4.74. The van der Waals surface area contributed by atoms with Crippen LogP contribution in [0.25, 0.3) is 0 Å². The first-order valence-electron chi connectivity index (χ1n) is 6.73. The van der Waals surface area contributed by atoms with Gasteiger partial charge in [0.1, 0.15) is 0 Å². The van der Waals surface area contributed by atoms with Crippen molar-refractivity contribution in [1.29, 1.82) is 0 Å². The molecule has 2 aliphatic rings. The average Bonchev–Trinajstić information content (AvgIpc) is 2.92. The van der Waals surface area contributed by atoms with E-state index in [0.717, 1.165) is 32.1 Å². The molecule has 0 spiro atoms. The molecule has 2 saturated carbocycles. The van der Waals surface area contributed by atoms with Crippen molar-refractivity contribution in [2.24, 2.45) is 17.1 Å². The van der Waals surface area contributed by atoms with E-state index in [1.165, 1.54) is 12.8 Å². The van der Waals surface area contributed by atoms with Crippen LogP contribution in [0, 0.1) is 11.3 Å². The van der Waals surface area contributed by atoms with Gasteiger partial charge in [-0.2, -0.15) is 0 Å². The fraction of sp³-hybridized carbons (Fsp3) is 0.923. The van der Waals surface area contributed by atoms with Crippen molar-refractivity contribution in [2.75, 3.05) is 6.54 Å². The van der Waals surface area contributed by atoms with Crippen LogP contribution in [0.2, 0.25) is 0 Å². The molecule has 0 aromatic carbocycles. The van der Waals surface area contributed by atoms with Gasteiger partial charge in [0.2, 0.25) is 5.91 Å². The van der Waals surface area contributed by atoms with Crippen LogP contribution in [0.4, 0.5) is 0 Å². The molecule has 2 unspecified atom stereocenters. The van der Waals surface area contributed by atoms with Gasteiger partial charge in [-0.15, -0.1) is 0 Å². The Bertz CT molecular complexity index is 261. The van der Waals surface area contributed by atoms with Gasteiger partial charge in [-0.1, -0.05) is 19.8 Å². The minimum Gasteiger partial charge on any atom is -0.353 e. The van der Waals surface area contributed by atoms with E-state index in [2.05, 4.69) is 12.2 Å². The minimum absolute atomic E-state index is 0.0104. The van der Waals surface area contributed by atoms with Gasteiger partial charge < -0.3 is 11.1 Å². The van der Waals surface area contributed by atoms with Crippen molar-refractivity contribution in [3.8, 4) is 0 Å². The van der Waals surface area contributed by atoms with Gasteiger partial charge in [-0.25, -0.2) is 0 Å². The lowest BCUT2D eigenvalue weighted by molar-refractivity contribution is -0.127. The number of nitrogens with one attached hydrogen (secondary N) is 1. The summed E-state index contributed by atoms with van der Waals surface area (Å²) in [5.41, 5.74) is 5.74. The lowest BCUT2D eigenvalue weighted by Gasteiger charge is -2.23. The number of rotatable bonds is 5. The average molecular weight is 224 g/mol. The maximum Gasteiger partial charge on any atom is 0.226 e. The molecule has 0 bridgehead atoms. The smallest absolute Gasteiger partial charge is 0.226 e. The maximum atomic E-state index is 12.2. The lowest BCUT2D eigenvalue weighted by atomic mass is 9.97. The Balaban J connectivity index is 1.87. The number of nitrogens with two attached hydrogens (primary N) is 1. The van der Waals surface area contributed by atoms with E-state index >= 15 is 0 Å². The molecular formula is C13H24N2O. The summed E-state index contributed by atoms with van der Waals surface area (Å²) in [6, 6.07) is 0.354. The Kier molecular flexibility index (Phi) is 3.53. The maximum absolute atomic E-state index is 12.2. The molecule has 0 aromatic heterocycles. The van der Waals surface area contributed by atoms with Gasteiger partial charge in [0.05, 0.1) is 0 Å². The fourth-order valence-electron chi connectivity index (χ4n) is 3.05. The summed E-state index contributed by atoms with van der Waals surface area (Å²) in [6.45, 7) is 2.87. The van der Waals surface area contributed by atoms with Gasteiger partial charge in [0.25, 0.3) is 0 Å². The van der Waals surface area contributed by atoms with Gasteiger partial charge in [-0.05, 0) is 44.6 Å². The van der Waals surface area contributed by atoms with E-state index in [0.29, 0.717) is 24.4 Å². The predicted molar refractivity (Wildman–Crippen MR) is 64.9 cm³/mol. The Morgan fingerprint density at radius 1 is 1.44 bits per heavy atom. The van der Waals surface area contributed by atoms with Crippen LogP contribution < -0.4 is 11.1 Å². The molecule has 92 valence electrons. The third kappa shape index (κ3) is 2.24. The lowest BCUT2D eigenvalue weighted by Crippen LogP contribution is -2.43. The molecule has 2 aliphatic carbocycles. The number of hydrogen-bond acceptors (Lipinski definition) is 2. The van der Waals surface area contributed by atoms with Crippen molar-refractivity contribution >= 4 is 5.91 Å². The van der Waals surface area contributed by atoms with E-state index in [4.69, 9.17) is 5.73 Å². The molecule has 2 atom stereocenters. The normalized spacial score (nSPS) is 31.4. The molecule has 16 heavy (non-hydrogen) atoms. The van der Waals surface area contributed by atoms with Crippen LogP contribution in [0.1, 0.15) is 51.9 Å². The van der Waals surface area contributed by atoms with Crippen molar-refractivity contribution in [3.05, 3.63) is 0 Å². The van der Waals surface area contributed by atoms with Gasteiger partial charge in [0, 0.05) is 11.5 Å². The molecule has 0 heterocycles. The zero-order valence-corrected chi connectivity index (χ0v) is 10.3. The molecule has 1 amide bonds. The highest BCUT2D eigenvalue weighted by Crippen LogP contribution is 2.50. The first-order valence-corrected chi connectivity index (χ1v) is 6.73. The Hall–Kier alpha value is -0.570. The van der Waals surface area contributed by atoms with E-state index in [-0.39, 0.29) is 5.41 Å². The Labute approximate surface area is 98.2 Å². The van der Waals surface area contributed by atoms with E-state index in [1.807, 2.05) is 0 Å². The molecule has 0 radical (unpaired) electrons. The van der Waals surface area contributed by atoms with Crippen LogP contribution in [-0.4, -0.2) is 18.5 Å². The minimum atomic E-state index is 0.0104. The molecule has 0 aliphatic heterocycles. The number of carbonyl (C=O) groups excluding carboxylic acids is 1. The van der Waals surface area contributed by atoms with Crippen LogP contribution in [0.15, 0.2) is 0 Å². The predicted octanol–water partition coefficient (Wildman–Crippen LogP) is 1.81. The highest BCUT2D eigenvalue weighted by Gasteiger charge is 2.49. The second-order valence-corrected chi connectivity index (χ2v) is 5.54. The molecule has 0 aromatic rings. The summed E-state index contributed by atoms with van der Waals surface area (Å²) in [5, 5.41) is 3.25. The molecule has 3 N–H and O–H groups in total. The largest absolute Gasteiger partial charge is 0.353 e. The molecule has 2 rings (SSSR count). The van der Waals surface area contributed by atoms with Crippen molar-refractivity contribution in [1.82, 2.24) is 5.32 Å². The van der Waals surface area contributed by atoms with Gasteiger partial charge >= 0.3 is 0 Å². The third-order valence-electron chi connectivity index (χ3n) is 4.34. The first kappa shape index (κ1) is 11.9. The van der Waals surface area contributed by atoms with E-state index in [1.54, 1.807) is 0 Å². The number of amides is 1. The Morgan fingerprint density at radius 2 is 2.19 bits per heavy atom. The zero-order chi connectivity index (χ0) is 11.6. The highest BCUT2D eigenvalue weighted by molar-refractivity contribution is 5.85. The number of hydrogen-bond donors (Lipinski definition) is 2.